The highest BCUT2D eigenvalue weighted by Gasteiger charge is 2.33. The Labute approximate surface area is 184 Å². The second-order valence-electron chi connectivity index (χ2n) is 10.0. The molecule has 4 rings (SSSR count). The van der Waals surface area contributed by atoms with E-state index in [1.54, 1.807) is 4.90 Å². The lowest BCUT2D eigenvalue weighted by Gasteiger charge is -2.22. The molecular formula is C24H34FN5O. The summed E-state index contributed by atoms with van der Waals surface area (Å²) in [6.45, 7) is 7.09. The number of rotatable bonds is 7. The number of carbonyl (C=O) groups excluding carboxylic acids is 1. The number of amides is 1. The van der Waals surface area contributed by atoms with Gasteiger partial charge in [0.15, 0.2) is 5.69 Å². The molecule has 1 aliphatic carbocycles. The van der Waals surface area contributed by atoms with Gasteiger partial charge in [0.2, 0.25) is 0 Å². The zero-order valence-corrected chi connectivity index (χ0v) is 19.0. The number of hydrazine groups is 1. The number of nitrogens with zero attached hydrogens (tertiary/aromatic N) is 3. The van der Waals surface area contributed by atoms with Crippen molar-refractivity contribution in [1.82, 2.24) is 25.5 Å². The van der Waals surface area contributed by atoms with Crippen molar-refractivity contribution in [3.8, 4) is 0 Å². The first-order chi connectivity index (χ1) is 14.7. The maximum Gasteiger partial charge on any atom is 0.274 e. The molecule has 31 heavy (non-hydrogen) atoms. The molecule has 1 aromatic carbocycles. The highest BCUT2D eigenvalue weighted by atomic mass is 19.1. The standard InChI is InChI=1S/C24H34FN5O/c1-24(2,3)30-22(17-7-8-17)15-21(28-30)23(31)29(4)13-5-6-19-14-20(27-26-19)16-9-11-18(25)12-10-16/h9-12,15,17,19-20,26-27H,5-8,13-14H2,1-4H3. The summed E-state index contributed by atoms with van der Waals surface area (Å²) >= 11 is 0. The molecule has 2 N–H and O–H groups in total. The maximum absolute atomic E-state index is 13.1. The molecule has 2 aromatic rings. The van der Waals surface area contributed by atoms with Gasteiger partial charge >= 0.3 is 0 Å². The summed E-state index contributed by atoms with van der Waals surface area (Å²) in [6.07, 6.45) is 5.20. The summed E-state index contributed by atoms with van der Waals surface area (Å²) < 4.78 is 15.2. The minimum absolute atomic E-state index is 0.00778. The Morgan fingerprint density at radius 1 is 1.23 bits per heavy atom. The average Bonchev–Trinajstić information content (AvgIpc) is 3.28. The fraction of sp³-hybridized carbons (Fsp3) is 0.583. The van der Waals surface area contributed by atoms with Crippen molar-refractivity contribution < 1.29 is 9.18 Å². The SMILES string of the molecule is CN(CCCC1CC(c2ccc(F)cc2)NN1)C(=O)c1cc(C2CC2)n(C(C)(C)C)n1. The van der Waals surface area contributed by atoms with Crippen molar-refractivity contribution in [2.45, 2.75) is 76.4 Å². The highest BCUT2D eigenvalue weighted by molar-refractivity contribution is 5.92. The van der Waals surface area contributed by atoms with E-state index in [0.717, 1.165) is 24.8 Å². The fourth-order valence-electron chi connectivity index (χ4n) is 4.30. The maximum atomic E-state index is 13.1. The molecule has 1 aromatic heterocycles. The Kier molecular flexibility index (Phi) is 6.17. The molecule has 1 saturated carbocycles. The number of hydrogen-bond donors (Lipinski definition) is 2. The Hall–Kier alpha value is -2.25. The van der Waals surface area contributed by atoms with Gasteiger partial charge in [0.05, 0.1) is 5.54 Å². The lowest BCUT2D eigenvalue weighted by molar-refractivity contribution is 0.0784. The van der Waals surface area contributed by atoms with Gasteiger partial charge in [-0.25, -0.2) is 4.39 Å². The van der Waals surface area contributed by atoms with Crippen LogP contribution < -0.4 is 10.9 Å². The van der Waals surface area contributed by atoms with Gasteiger partial charge < -0.3 is 4.90 Å². The average molecular weight is 428 g/mol. The molecule has 1 saturated heterocycles. The van der Waals surface area contributed by atoms with Crippen LogP contribution in [0, 0.1) is 5.82 Å². The molecule has 1 aliphatic heterocycles. The molecule has 7 heteroatoms. The van der Waals surface area contributed by atoms with Gasteiger partial charge in [0.1, 0.15) is 5.82 Å². The Balaban J connectivity index is 1.28. The summed E-state index contributed by atoms with van der Waals surface area (Å²) in [5, 5.41) is 4.68. The summed E-state index contributed by atoms with van der Waals surface area (Å²) in [7, 11) is 1.86. The fourth-order valence-corrected chi connectivity index (χ4v) is 4.30. The van der Waals surface area contributed by atoms with Crippen molar-refractivity contribution in [2.75, 3.05) is 13.6 Å². The Morgan fingerprint density at radius 2 is 1.94 bits per heavy atom. The van der Waals surface area contributed by atoms with Crippen molar-refractivity contribution >= 4 is 5.91 Å². The normalized spacial score (nSPS) is 21.5. The molecule has 2 aliphatic rings. The quantitative estimate of drug-likeness (QED) is 0.698. The third kappa shape index (κ3) is 5.15. The summed E-state index contributed by atoms with van der Waals surface area (Å²) in [5.74, 6) is 0.329. The molecule has 0 radical (unpaired) electrons. The summed E-state index contributed by atoms with van der Waals surface area (Å²) in [5.41, 5.74) is 9.35. The smallest absolute Gasteiger partial charge is 0.274 e. The largest absolute Gasteiger partial charge is 0.340 e. The van der Waals surface area contributed by atoms with Crippen LogP contribution in [0.5, 0.6) is 0 Å². The van der Waals surface area contributed by atoms with E-state index in [9.17, 15) is 9.18 Å². The molecule has 2 unspecified atom stereocenters. The molecule has 6 nitrogen and oxygen atoms in total. The van der Waals surface area contributed by atoms with E-state index in [4.69, 9.17) is 0 Å². The first kappa shape index (κ1) is 22.0. The molecule has 168 valence electrons. The van der Waals surface area contributed by atoms with E-state index in [-0.39, 0.29) is 23.3 Å². The summed E-state index contributed by atoms with van der Waals surface area (Å²) in [4.78, 5) is 14.7. The molecule has 1 amide bonds. The molecule has 2 heterocycles. The van der Waals surface area contributed by atoms with Crippen LogP contribution in [0.1, 0.15) is 86.6 Å². The predicted octanol–water partition coefficient (Wildman–Crippen LogP) is 4.11. The van der Waals surface area contributed by atoms with Crippen LogP contribution in [-0.2, 0) is 5.54 Å². The minimum Gasteiger partial charge on any atom is -0.340 e. The van der Waals surface area contributed by atoms with Crippen LogP contribution in [0.4, 0.5) is 4.39 Å². The van der Waals surface area contributed by atoms with Gasteiger partial charge in [-0.3, -0.25) is 20.3 Å². The van der Waals surface area contributed by atoms with Crippen molar-refractivity contribution in [3.05, 3.63) is 53.1 Å². The first-order valence-electron chi connectivity index (χ1n) is 11.3. The van der Waals surface area contributed by atoms with E-state index >= 15 is 0 Å². The van der Waals surface area contributed by atoms with Gasteiger partial charge in [-0.1, -0.05) is 12.1 Å². The Morgan fingerprint density at radius 3 is 2.58 bits per heavy atom. The minimum atomic E-state index is -0.212. The molecule has 2 atom stereocenters. The van der Waals surface area contributed by atoms with Crippen LogP contribution >= 0.6 is 0 Å². The van der Waals surface area contributed by atoms with Gasteiger partial charge in [-0.15, -0.1) is 0 Å². The van der Waals surface area contributed by atoms with Gasteiger partial charge in [-0.05, 0) is 76.6 Å². The van der Waals surface area contributed by atoms with Crippen LogP contribution in [0.3, 0.4) is 0 Å². The molecule has 0 spiro atoms. The predicted molar refractivity (Wildman–Crippen MR) is 119 cm³/mol. The van der Waals surface area contributed by atoms with Crippen molar-refractivity contribution in [2.24, 2.45) is 0 Å². The van der Waals surface area contributed by atoms with Crippen molar-refractivity contribution in [1.29, 1.82) is 0 Å². The molecule has 0 bridgehead atoms. The van der Waals surface area contributed by atoms with E-state index in [0.29, 0.717) is 24.2 Å². The van der Waals surface area contributed by atoms with E-state index < -0.39 is 0 Å². The van der Waals surface area contributed by atoms with Crippen molar-refractivity contribution in [3.63, 3.8) is 0 Å². The van der Waals surface area contributed by atoms with E-state index in [1.165, 1.54) is 30.7 Å². The number of benzene rings is 1. The Bertz CT molecular complexity index is 913. The van der Waals surface area contributed by atoms with Gasteiger partial charge in [-0.2, -0.15) is 5.10 Å². The lowest BCUT2D eigenvalue weighted by Crippen LogP contribution is -2.33. The van der Waals surface area contributed by atoms with Crippen LogP contribution in [0.15, 0.2) is 30.3 Å². The second kappa shape index (κ2) is 8.71. The number of halogens is 1. The van der Waals surface area contributed by atoms with E-state index in [1.807, 2.05) is 29.9 Å². The topological polar surface area (TPSA) is 62.2 Å². The van der Waals surface area contributed by atoms with Crippen LogP contribution in [-0.4, -0.2) is 40.2 Å². The highest BCUT2D eigenvalue weighted by Crippen LogP contribution is 2.41. The summed E-state index contributed by atoms with van der Waals surface area (Å²) in [6, 6.07) is 9.18. The molecular weight excluding hydrogens is 393 g/mol. The third-order valence-electron chi connectivity index (χ3n) is 6.23. The zero-order valence-electron chi connectivity index (χ0n) is 19.0. The third-order valence-corrected chi connectivity index (χ3v) is 6.23. The number of nitrogens with one attached hydrogen (secondary N) is 2. The first-order valence-corrected chi connectivity index (χ1v) is 11.3. The number of carbonyl (C=O) groups is 1. The monoisotopic (exact) mass is 427 g/mol. The second-order valence-corrected chi connectivity index (χ2v) is 10.0. The van der Waals surface area contributed by atoms with E-state index in [2.05, 4.69) is 36.7 Å². The van der Waals surface area contributed by atoms with Gasteiger partial charge in [0, 0.05) is 37.3 Å². The van der Waals surface area contributed by atoms with Gasteiger partial charge in [0.25, 0.3) is 5.91 Å². The van der Waals surface area contributed by atoms with Crippen LogP contribution in [0.25, 0.3) is 0 Å². The zero-order chi connectivity index (χ0) is 22.2. The number of hydrogen-bond acceptors (Lipinski definition) is 4. The molecule has 2 fully saturated rings. The number of aromatic nitrogens is 2. The van der Waals surface area contributed by atoms with Crippen LogP contribution in [0.2, 0.25) is 0 Å². The lowest BCUT2D eigenvalue weighted by atomic mass is 9.99.